The molecule has 1 fully saturated rings. The summed E-state index contributed by atoms with van der Waals surface area (Å²) in [7, 11) is 2.09. The predicted octanol–water partition coefficient (Wildman–Crippen LogP) is 1.94. The monoisotopic (exact) mass is 325 g/mol. The Kier molecular flexibility index (Phi) is 4.82. The van der Waals surface area contributed by atoms with Gasteiger partial charge in [0.2, 0.25) is 5.91 Å². The molecule has 1 saturated heterocycles. The molecule has 104 valence electrons. The molecule has 0 unspecified atom stereocenters. The van der Waals surface area contributed by atoms with Crippen LogP contribution in [-0.2, 0) is 4.79 Å². The Balaban J connectivity index is 1.88. The highest BCUT2D eigenvalue weighted by atomic mass is 79.9. The number of nitrogens with zero attached hydrogens (tertiary/aromatic N) is 2. The van der Waals surface area contributed by atoms with Crippen LogP contribution in [0.15, 0.2) is 22.7 Å². The highest BCUT2D eigenvalue weighted by Crippen LogP contribution is 2.20. The third-order valence-corrected chi connectivity index (χ3v) is 3.98. The molecule has 0 aliphatic carbocycles. The number of halogens is 1. The van der Waals surface area contributed by atoms with Crippen molar-refractivity contribution < 1.29 is 4.79 Å². The number of hydrogen-bond acceptors (Lipinski definition) is 3. The highest BCUT2D eigenvalue weighted by molar-refractivity contribution is 9.10. The first-order chi connectivity index (χ1) is 9.06. The minimum atomic E-state index is 0.174. The number of nitrogens with one attached hydrogen (secondary N) is 1. The topological polar surface area (TPSA) is 35.6 Å². The lowest BCUT2D eigenvalue weighted by atomic mass is 10.2. The second-order valence-electron chi connectivity index (χ2n) is 5.00. The Hall–Kier alpha value is -1.07. The second kappa shape index (κ2) is 6.39. The minimum Gasteiger partial charge on any atom is -0.376 e. The first-order valence-electron chi connectivity index (χ1n) is 6.52. The van der Waals surface area contributed by atoms with Crippen LogP contribution < -0.4 is 5.32 Å². The summed E-state index contributed by atoms with van der Waals surface area (Å²) in [6.07, 6.45) is 0. The molecular formula is C14H20BrN3O. The fraction of sp³-hybridized carbons (Fsp3) is 0.500. The van der Waals surface area contributed by atoms with Gasteiger partial charge in [0.15, 0.2) is 0 Å². The number of carbonyl (C=O) groups excluding carboxylic acids is 1. The molecule has 0 saturated carbocycles. The number of carbonyl (C=O) groups is 1. The number of amides is 1. The van der Waals surface area contributed by atoms with E-state index in [9.17, 15) is 4.79 Å². The lowest BCUT2D eigenvalue weighted by Gasteiger charge is -2.32. The fourth-order valence-electron chi connectivity index (χ4n) is 2.12. The zero-order chi connectivity index (χ0) is 13.8. The third kappa shape index (κ3) is 3.94. The van der Waals surface area contributed by atoms with E-state index in [0.29, 0.717) is 6.54 Å². The maximum absolute atomic E-state index is 12.1. The molecule has 5 heteroatoms. The van der Waals surface area contributed by atoms with Crippen LogP contribution in [0.1, 0.15) is 5.56 Å². The van der Waals surface area contributed by atoms with E-state index in [1.54, 1.807) is 0 Å². The van der Waals surface area contributed by atoms with Crippen LogP contribution in [0.4, 0.5) is 5.69 Å². The van der Waals surface area contributed by atoms with Crippen LogP contribution in [0, 0.1) is 6.92 Å². The molecule has 4 nitrogen and oxygen atoms in total. The van der Waals surface area contributed by atoms with Crippen molar-refractivity contribution in [3.8, 4) is 0 Å². The van der Waals surface area contributed by atoms with Crippen molar-refractivity contribution in [1.29, 1.82) is 0 Å². The van der Waals surface area contributed by atoms with E-state index in [-0.39, 0.29) is 5.91 Å². The lowest BCUT2D eigenvalue weighted by Crippen LogP contribution is -2.48. The van der Waals surface area contributed by atoms with Gasteiger partial charge >= 0.3 is 0 Å². The van der Waals surface area contributed by atoms with Gasteiger partial charge in [-0.25, -0.2) is 0 Å². The first-order valence-corrected chi connectivity index (χ1v) is 7.32. The van der Waals surface area contributed by atoms with Gasteiger partial charge in [0.05, 0.1) is 6.54 Å². The molecular weight excluding hydrogens is 306 g/mol. The summed E-state index contributed by atoms with van der Waals surface area (Å²) in [4.78, 5) is 16.3. The summed E-state index contributed by atoms with van der Waals surface area (Å²) < 4.78 is 1.02. The number of benzene rings is 1. The van der Waals surface area contributed by atoms with Gasteiger partial charge in [0.1, 0.15) is 0 Å². The molecule has 1 aliphatic rings. The normalized spacial score (nSPS) is 16.5. The van der Waals surface area contributed by atoms with Crippen molar-refractivity contribution in [3.63, 3.8) is 0 Å². The zero-order valence-electron chi connectivity index (χ0n) is 11.4. The quantitative estimate of drug-likeness (QED) is 0.922. The van der Waals surface area contributed by atoms with Gasteiger partial charge in [-0.3, -0.25) is 4.79 Å². The Bertz CT molecular complexity index is 456. The molecule has 1 heterocycles. The van der Waals surface area contributed by atoms with Crippen LogP contribution in [0.3, 0.4) is 0 Å². The van der Waals surface area contributed by atoms with E-state index < -0.39 is 0 Å². The number of aryl methyl sites for hydroxylation is 1. The van der Waals surface area contributed by atoms with E-state index in [2.05, 4.69) is 33.2 Å². The molecule has 0 radical (unpaired) electrons. The lowest BCUT2D eigenvalue weighted by molar-refractivity contribution is -0.130. The van der Waals surface area contributed by atoms with Gasteiger partial charge in [0, 0.05) is 36.3 Å². The van der Waals surface area contributed by atoms with E-state index in [1.807, 2.05) is 30.0 Å². The molecule has 19 heavy (non-hydrogen) atoms. The van der Waals surface area contributed by atoms with E-state index in [1.165, 1.54) is 0 Å². The van der Waals surface area contributed by atoms with Crippen molar-refractivity contribution in [2.75, 3.05) is 45.1 Å². The largest absolute Gasteiger partial charge is 0.376 e. The highest BCUT2D eigenvalue weighted by Gasteiger charge is 2.18. The molecule has 1 amide bonds. The summed E-state index contributed by atoms with van der Waals surface area (Å²) in [5.74, 6) is 0.174. The Morgan fingerprint density at radius 3 is 2.68 bits per heavy atom. The number of hydrogen-bond donors (Lipinski definition) is 1. The third-order valence-electron chi connectivity index (χ3n) is 3.49. The van der Waals surface area contributed by atoms with Crippen LogP contribution in [0.25, 0.3) is 0 Å². The molecule has 1 aliphatic heterocycles. The zero-order valence-corrected chi connectivity index (χ0v) is 13.0. The maximum atomic E-state index is 12.1. The van der Waals surface area contributed by atoms with Gasteiger partial charge in [0.25, 0.3) is 0 Å². The van der Waals surface area contributed by atoms with Crippen LogP contribution >= 0.6 is 15.9 Å². The van der Waals surface area contributed by atoms with Crippen LogP contribution in [-0.4, -0.2) is 55.5 Å². The van der Waals surface area contributed by atoms with Crippen molar-refractivity contribution in [3.05, 3.63) is 28.2 Å². The first kappa shape index (κ1) is 14.3. The average Bonchev–Trinajstić information content (AvgIpc) is 2.40. The standard InChI is InChI=1S/C14H20BrN3O/c1-11-3-4-12(15)9-13(11)16-10-14(19)18-7-5-17(2)6-8-18/h3-4,9,16H,5-8,10H2,1-2H3. The van der Waals surface area contributed by atoms with Crippen molar-refractivity contribution in [2.45, 2.75) is 6.92 Å². The van der Waals surface area contributed by atoms with Gasteiger partial charge in [-0.15, -0.1) is 0 Å². The number of anilines is 1. The minimum absolute atomic E-state index is 0.174. The summed E-state index contributed by atoms with van der Waals surface area (Å²) in [6.45, 7) is 5.97. The second-order valence-corrected chi connectivity index (χ2v) is 5.91. The SMILES string of the molecule is Cc1ccc(Br)cc1NCC(=O)N1CCN(C)CC1. The fourth-order valence-corrected chi connectivity index (χ4v) is 2.48. The van der Waals surface area contributed by atoms with Crippen molar-refractivity contribution in [1.82, 2.24) is 9.80 Å². The van der Waals surface area contributed by atoms with Gasteiger partial charge < -0.3 is 15.1 Å². The Labute approximate surface area is 122 Å². The molecule has 2 rings (SSSR count). The smallest absolute Gasteiger partial charge is 0.241 e. The summed E-state index contributed by atoms with van der Waals surface area (Å²) in [5.41, 5.74) is 2.16. The van der Waals surface area contributed by atoms with E-state index in [4.69, 9.17) is 0 Å². The molecule has 1 N–H and O–H groups in total. The van der Waals surface area contributed by atoms with Crippen LogP contribution in [0.5, 0.6) is 0 Å². The number of piperazine rings is 1. The van der Waals surface area contributed by atoms with Crippen molar-refractivity contribution in [2.24, 2.45) is 0 Å². The van der Waals surface area contributed by atoms with E-state index in [0.717, 1.165) is 41.9 Å². The maximum Gasteiger partial charge on any atom is 0.241 e. The average molecular weight is 326 g/mol. The van der Waals surface area contributed by atoms with Gasteiger partial charge in [-0.05, 0) is 31.7 Å². The molecule has 0 aromatic heterocycles. The Morgan fingerprint density at radius 2 is 2.00 bits per heavy atom. The van der Waals surface area contributed by atoms with Gasteiger partial charge in [-0.2, -0.15) is 0 Å². The summed E-state index contributed by atoms with van der Waals surface area (Å²) in [5, 5.41) is 3.23. The predicted molar refractivity (Wildman–Crippen MR) is 81.4 cm³/mol. The van der Waals surface area contributed by atoms with Crippen LogP contribution in [0.2, 0.25) is 0 Å². The summed E-state index contributed by atoms with van der Waals surface area (Å²) >= 11 is 3.45. The van der Waals surface area contributed by atoms with Crippen molar-refractivity contribution >= 4 is 27.5 Å². The Morgan fingerprint density at radius 1 is 1.32 bits per heavy atom. The molecule has 0 spiro atoms. The molecule has 0 bridgehead atoms. The van der Waals surface area contributed by atoms with Gasteiger partial charge in [-0.1, -0.05) is 22.0 Å². The summed E-state index contributed by atoms with van der Waals surface area (Å²) in [6, 6.07) is 6.04. The molecule has 1 aromatic rings. The number of likely N-dealkylation sites (N-methyl/N-ethyl adjacent to an activating group) is 1. The molecule has 1 aromatic carbocycles. The van der Waals surface area contributed by atoms with E-state index >= 15 is 0 Å². The number of rotatable bonds is 3. The molecule has 0 atom stereocenters.